The summed E-state index contributed by atoms with van der Waals surface area (Å²) in [4.78, 5) is 12.2. The van der Waals surface area contributed by atoms with E-state index in [1.54, 1.807) is 24.1 Å². The van der Waals surface area contributed by atoms with Gasteiger partial charge in [0.15, 0.2) is 5.78 Å². The van der Waals surface area contributed by atoms with Gasteiger partial charge in [0, 0.05) is 18.8 Å². The number of nitrogens with zero attached hydrogens (tertiary/aromatic N) is 2. The van der Waals surface area contributed by atoms with Gasteiger partial charge in [-0.05, 0) is 17.2 Å². The molecule has 1 aliphatic heterocycles. The minimum atomic E-state index is 0.00722. The zero-order valence-electron chi connectivity index (χ0n) is 9.51. The fraction of sp³-hybridized carbons (Fsp3) is 0.231. The van der Waals surface area contributed by atoms with Gasteiger partial charge in [0.2, 0.25) is 0 Å². The van der Waals surface area contributed by atoms with Gasteiger partial charge in [0.05, 0.1) is 25.0 Å². The molecule has 0 amide bonds. The van der Waals surface area contributed by atoms with Crippen molar-refractivity contribution in [3.8, 4) is 0 Å². The third-order valence-electron chi connectivity index (χ3n) is 2.95. The number of carbonyl (C=O) groups is 1. The van der Waals surface area contributed by atoms with Gasteiger partial charge in [0.1, 0.15) is 0 Å². The summed E-state index contributed by atoms with van der Waals surface area (Å²) in [6, 6.07) is 5.73. The highest BCUT2D eigenvalue weighted by Crippen LogP contribution is 2.22. The molecule has 0 unspecified atom stereocenters. The Morgan fingerprint density at radius 2 is 2.12 bits per heavy atom. The Labute approximate surface area is 98.8 Å². The fourth-order valence-corrected chi connectivity index (χ4v) is 2.02. The Morgan fingerprint density at radius 3 is 2.88 bits per heavy atom. The zero-order chi connectivity index (χ0) is 11.8. The molecule has 0 atom stereocenters. The number of rotatable bonds is 2. The molecule has 2 heterocycles. The summed E-state index contributed by atoms with van der Waals surface area (Å²) in [5.74, 6) is 0.00722. The van der Waals surface area contributed by atoms with E-state index in [1.807, 2.05) is 18.2 Å². The maximum Gasteiger partial charge on any atom is 0.196 e. The van der Waals surface area contributed by atoms with Crippen molar-refractivity contribution in [2.45, 2.75) is 13.2 Å². The van der Waals surface area contributed by atoms with E-state index in [4.69, 9.17) is 4.74 Å². The predicted octanol–water partition coefficient (Wildman–Crippen LogP) is 1.68. The summed E-state index contributed by atoms with van der Waals surface area (Å²) in [6.07, 6.45) is 3.32. The highest BCUT2D eigenvalue weighted by Gasteiger charge is 2.16. The molecule has 4 heteroatoms. The molecular formula is C13H12N2O2. The van der Waals surface area contributed by atoms with Crippen LogP contribution in [0.3, 0.4) is 0 Å². The number of hydrogen-bond acceptors (Lipinski definition) is 3. The molecule has 0 spiro atoms. The van der Waals surface area contributed by atoms with Crippen molar-refractivity contribution in [1.29, 1.82) is 0 Å². The fourth-order valence-electron chi connectivity index (χ4n) is 2.02. The van der Waals surface area contributed by atoms with Crippen molar-refractivity contribution in [2.24, 2.45) is 7.05 Å². The smallest absolute Gasteiger partial charge is 0.196 e. The lowest BCUT2D eigenvalue weighted by Crippen LogP contribution is -2.01. The van der Waals surface area contributed by atoms with Crippen molar-refractivity contribution in [3.05, 3.63) is 52.8 Å². The summed E-state index contributed by atoms with van der Waals surface area (Å²) >= 11 is 0. The molecule has 0 aliphatic carbocycles. The molecule has 1 aromatic carbocycles. The largest absolute Gasteiger partial charge is 0.372 e. The van der Waals surface area contributed by atoms with Crippen molar-refractivity contribution in [1.82, 2.24) is 9.78 Å². The molecular weight excluding hydrogens is 216 g/mol. The Balaban J connectivity index is 1.97. The van der Waals surface area contributed by atoms with Gasteiger partial charge in [-0.25, -0.2) is 0 Å². The second kappa shape index (κ2) is 3.82. The number of fused-ring (bicyclic) bond motifs is 1. The first-order valence-electron chi connectivity index (χ1n) is 5.47. The third-order valence-corrected chi connectivity index (χ3v) is 2.95. The lowest BCUT2D eigenvalue weighted by atomic mass is 10.0. The summed E-state index contributed by atoms with van der Waals surface area (Å²) in [7, 11) is 1.80. The predicted molar refractivity (Wildman–Crippen MR) is 61.6 cm³/mol. The second-order valence-electron chi connectivity index (χ2n) is 4.21. The average molecular weight is 228 g/mol. The SMILES string of the molecule is Cn1cc(C(=O)c2ccc3c(c2)COC3)cn1. The van der Waals surface area contributed by atoms with Gasteiger partial charge in [-0.1, -0.05) is 12.1 Å². The Bertz CT molecular complexity index is 587. The molecule has 1 aromatic heterocycles. The maximum absolute atomic E-state index is 12.2. The van der Waals surface area contributed by atoms with Crippen molar-refractivity contribution < 1.29 is 9.53 Å². The molecule has 86 valence electrons. The molecule has 0 saturated heterocycles. The molecule has 1 aliphatic rings. The number of hydrogen-bond donors (Lipinski definition) is 0. The quantitative estimate of drug-likeness (QED) is 0.734. The van der Waals surface area contributed by atoms with Gasteiger partial charge in [-0.15, -0.1) is 0 Å². The van der Waals surface area contributed by atoms with Crippen LogP contribution in [0.15, 0.2) is 30.6 Å². The molecule has 0 saturated carbocycles. The van der Waals surface area contributed by atoms with Crippen LogP contribution < -0.4 is 0 Å². The normalized spacial score (nSPS) is 13.7. The van der Waals surface area contributed by atoms with Crippen LogP contribution in [-0.2, 0) is 25.0 Å². The number of aromatic nitrogens is 2. The standard InChI is InChI=1S/C13H12N2O2/c1-15-6-12(5-14-15)13(16)9-2-3-10-7-17-8-11(10)4-9/h2-6H,7-8H2,1H3. The molecule has 0 N–H and O–H groups in total. The zero-order valence-corrected chi connectivity index (χ0v) is 9.51. The molecule has 3 rings (SSSR count). The first kappa shape index (κ1) is 10.2. The molecule has 2 aromatic rings. The molecule has 0 bridgehead atoms. The van der Waals surface area contributed by atoms with Crippen LogP contribution in [0.2, 0.25) is 0 Å². The number of ketones is 1. The second-order valence-corrected chi connectivity index (χ2v) is 4.21. The number of ether oxygens (including phenoxy) is 1. The van der Waals surface area contributed by atoms with Gasteiger partial charge in [0.25, 0.3) is 0 Å². The van der Waals surface area contributed by atoms with E-state index in [0.717, 1.165) is 5.56 Å². The first-order valence-corrected chi connectivity index (χ1v) is 5.47. The summed E-state index contributed by atoms with van der Waals surface area (Å²) in [5, 5.41) is 4.01. The number of benzene rings is 1. The maximum atomic E-state index is 12.2. The van der Waals surface area contributed by atoms with Gasteiger partial charge in [-0.3, -0.25) is 9.48 Å². The topological polar surface area (TPSA) is 44.1 Å². The summed E-state index contributed by atoms with van der Waals surface area (Å²) < 4.78 is 6.96. The van der Waals surface area contributed by atoms with E-state index < -0.39 is 0 Å². The van der Waals surface area contributed by atoms with E-state index >= 15 is 0 Å². The van der Waals surface area contributed by atoms with E-state index in [0.29, 0.717) is 24.3 Å². The summed E-state index contributed by atoms with van der Waals surface area (Å²) in [6.45, 7) is 1.25. The number of carbonyl (C=O) groups excluding carboxylic acids is 1. The van der Waals surface area contributed by atoms with Crippen molar-refractivity contribution in [3.63, 3.8) is 0 Å². The highest BCUT2D eigenvalue weighted by molar-refractivity contribution is 6.08. The lowest BCUT2D eigenvalue weighted by molar-refractivity contribution is 0.103. The van der Waals surface area contributed by atoms with Crippen LogP contribution in [0.5, 0.6) is 0 Å². The Morgan fingerprint density at radius 1 is 1.29 bits per heavy atom. The monoisotopic (exact) mass is 228 g/mol. The van der Waals surface area contributed by atoms with Crippen molar-refractivity contribution >= 4 is 5.78 Å². The van der Waals surface area contributed by atoms with Crippen LogP contribution in [0.1, 0.15) is 27.0 Å². The van der Waals surface area contributed by atoms with Gasteiger partial charge >= 0.3 is 0 Å². The van der Waals surface area contributed by atoms with Crippen LogP contribution in [-0.4, -0.2) is 15.6 Å². The van der Waals surface area contributed by atoms with Crippen LogP contribution >= 0.6 is 0 Å². The van der Waals surface area contributed by atoms with Crippen LogP contribution in [0, 0.1) is 0 Å². The highest BCUT2D eigenvalue weighted by atomic mass is 16.5. The molecule has 0 fully saturated rings. The molecule has 17 heavy (non-hydrogen) atoms. The van der Waals surface area contributed by atoms with Crippen LogP contribution in [0.25, 0.3) is 0 Å². The van der Waals surface area contributed by atoms with Gasteiger partial charge < -0.3 is 4.74 Å². The van der Waals surface area contributed by atoms with E-state index in [1.165, 1.54) is 5.56 Å². The lowest BCUT2D eigenvalue weighted by Gasteiger charge is -2.01. The van der Waals surface area contributed by atoms with E-state index in [9.17, 15) is 4.79 Å². The van der Waals surface area contributed by atoms with E-state index in [-0.39, 0.29) is 5.78 Å². The van der Waals surface area contributed by atoms with E-state index in [2.05, 4.69) is 5.10 Å². The van der Waals surface area contributed by atoms with Crippen LogP contribution in [0.4, 0.5) is 0 Å². The Hall–Kier alpha value is -1.94. The molecule has 4 nitrogen and oxygen atoms in total. The minimum absolute atomic E-state index is 0.00722. The third kappa shape index (κ3) is 1.76. The minimum Gasteiger partial charge on any atom is -0.372 e. The average Bonchev–Trinajstić information content (AvgIpc) is 2.95. The van der Waals surface area contributed by atoms with Gasteiger partial charge in [-0.2, -0.15) is 5.10 Å². The summed E-state index contributed by atoms with van der Waals surface area (Å²) in [5.41, 5.74) is 3.60. The number of aryl methyl sites for hydroxylation is 1. The Kier molecular flexibility index (Phi) is 2.30. The first-order chi connectivity index (χ1) is 8.24. The molecule has 0 radical (unpaired) electrons. The van der Waals surface area contributed by atoms with Crippen molar-refractivity contribution in [2.75, 3.05) is 0 Å².